The first-order valence-electron chi connectivity index (χ1n) is 10.8. The van der Waals surface area contributed by atoms with Gasteiger partial charge in [0.05, 0.1) is 11.0 Å². The van der Waals surface area contributed by atoms with Crippen molar-refractivity contribution in [2.45, 2.75) is 71.6 Å². The smallest absolute Gasteiger partial charge is 0.103 e. The van der Waals surface area contributed by atoms with Crippen molar-refractivity contribution in [1.82, 2.24) is 19.9 Å². The van der Waals surface area contributed by atoms with Crippen LogP contribution in [0.5, 0.6) is 0 Å². The first-order chi connectivity index (χ1) is 14.4. The zero-order chi connectivity index (χ0) is 21.4. The van der Waals surface area contributed by atoms with Gasteiger partial charge in [0.1, 0.15) is 11.0 Å². The fraction of sp³-hybridized carbons (Fsp3) is 0.440. The summed E-state index contributed by atoms with van der Waals surface area (Å²) in [6, 6.07) is 4.50. The fourth-order valence-electron chi connectivity index (χ4n) is 4.36. The van der Waals surface area contributed by atoms with Gasteiger partial charge in [-0.3, -0.25) is 19.9 Å². The molecular formula is C25H30N4S. The summed E-state index contributed by atoms with van der Waals surface area (Å²) in [5.74, 6) is 1.65. The summed E-state index contributed by atoms with van der Waals surface area (Å²) in [5.41, 5.74) is 6.78. The molecule has 30 heavy (non-hydrogen) atoms. The first kappa shape index (κ1) is 20.9. The van der Waals surface area contributed by atoms with Crippen LogP contribution in [0.3, 0.4) is 0 Å². The molecule has 0 amide bonds. The van der Waals surface area contributed by atoms with E-state index in [-0.39, 0.29) is 0 Å². The van der Waals surface area contributed by atoms with E-state index in [9.17, 15) is 0 Å². The Bertz CT molecular complexity index is 1180. The van der Waals surface area contributed by atoms with Crippen LogP contribution in [0, 0.1) is 0 Å². The highest BCUT2D eigenvalue weighted by molar-refractivity contribution is 7.13. The minimum Gasteiger partial charge on any atom is -0.253 e. The number of benzene rings is 1. The van der Waals surface area contributed by atoms with E-state index in [1.54, 1.807) is 12.4 Å². The molecule has 5 heteroatoms. The minimum absolute atomic E-state index is 0.372. The number of aromatic nitrogens is 4. The molecule has 0 fully saturated rings. The Morgan fingerprint density at radius 2 is 1.10 bits per heavy atom. The monoisotopic (exact) mass is 418 g/mol. The van der Waals surface area contributed by atoms with Gasteiger partial charge in [0, 0.05) is 34.5 Å². The van der Waals surface area contributed by atoms with E-state index in [4.69, 9.17) is 9.97 Å². The third-order valence-corrected chi connectivity index (χ3v) is 7.60. The molecule has 4 rings (SSSR count). The van der Waals surface area contributed by atoms with Crippen LogP contribution in [0.25, 0.3) is 22.1 Å². The average Bonchev–Trinajstić information content (AvgIpc) is 3.13. The Balaban J connectivity index is 1.69. The second-order valence-electron chi connectivity index (χ2n) is 8.93. The molecule has 3 heterocycles. The van der Waals surface area contributed by atoms with E-state index in [0.29, 0.717) is 23.7 Å². The number of hydrogen-bond acceptors (Lipinski definition) is 5. The topological polar surface area (TPSA) is 51.6 Å². The molecule has 2 atom stereocenters. The molecule has 4 nitrogen and oxygen atoms in total. The summed E-state index contributed by atoms with van der Waals surface area (Å²) in [6.07, 6.45) is 8.26. The van der Waals surface area contributed by atoms with Gasteiger partial charge in [0.25, 0.3) is 0 Å². The Kier molecular flexibility index (Phi) is 5.83. The quantitative estimate of drug-likeness (QED) is 0.333. The van der Waals surface area contributed by atoms with Crippen molar-refractivity contribution in [1.29, 1.82) is 0 Å². The fourth-order valence-corrected chi connectivity index (χ4v) is 5.63. The van der Waals surface area contributed by atoms with Crippen molar-refractivity contribution in [3.05, 3.63) is 57.8 Å². The van der Waals surface area contributed by atoms with Crippen LogP contribution in [0.1, 0.15) is 92.5 Å². The summed E-state index contributed by atoms with van der Waals surface area (Å²) < 4.78 is 0. The van der Waals surface area contributed by atoms with Crippen LogP contribution in [-0.4, -0.2) is 19.9 Å². The van der Waals surface area contributed by atoms with E-state index >= 15 is 0 Å². The normalized spacial score (nSPS) is 14.1. The van der Waals surface area contributed by atoms with E-state index in [1.165, 1.54) is 20.9 Å². The van der Waals surface area contributed by atoms with Crippen molar-refractivity contribution in [3.63, 3.8) is 0 Å². The highest BCUT2D eigenvalue weighted by Gasteiger charge is 2.23. The lowest BCUT2D eigenvalue weighted by atomic mass is 9.87. The van der Waals surface area contributed by atoms with Crippen LogP contribution in [0.15, 0.2) is 36.9 Å². The third kappa shape index (κ3) is 3.71. The molecule has 156 valence electrons. The lowest BCUT2D eigenvalue weighted by Gasteiger charge is -2.19. The molecular weight excluding hydrogens is 388 g/mol. The number of rotatable bonds is 6. The van der Waals surface area contributed by atoms with Crippen molar-refractivity contribution in [3.8, 4) is 0 Å². The Morgan fingerprint density at radius 3 is 1.67 bits per heavy atom. The molecule has 4 aromatic rings. The van der Waals surface area contributed by atoms with Gasteiger partial charge in [-0.15, -0.1) is 11.3 Å². The molecule has 1 aromatic carbocycles. The highest BCUT2D eigenvalue weighted by atomic mass is 32.1. The van der Waals surface area contributed by atoms with Crippen LogP contribution >= 0.6 is 11.3 Å². The number of thiophene rings is 1. The largest absolute Gasteiger partial charge is 0.253 e. The zero-order valence-electron chi connectivity index (χ0n) is 18.7. The molecule has 2 unspecified atom stereocenters. The van der Waals surface area contributed by atoms with Gasteiger partial charge in [0.15, 0.2) is 0 Å². The molecule has 0 saturated carbocycles. The van der Waals surface area contributed by atoms with Gasteiger partial charge in [-0.25, -0.2) is 0 Å². The number of fused-ring (bicyclic) bond motifs is 2. The number of hydrogen-bond donors (Lipinski definition) is 0. The zero-order valence-corrected chi connectivity index (χ0v) is 19.5. The Labute approximate surface area is 182 Å². The maximum Gasteiger partial charge on any atom is 0.103 e. The van der Waals surface area contributed by atoms with Gasteiger partial charge in [0.2, 0.25) is 0 Å². The summed E-state index contributed by atoms with van der Waals surface area (Å²) in [7, 11) is 0. The summed E-state index contributed by atoms with van der Waals surface area (Å²) in [4.78, 5) is 21.4. The van der Waals surface area contributed by atoms with Crippen molar-refractivity contribution in [2.24, 2.45) is 0 Å². The van der Waals surface area contributed by atoms with Gasteiger partial charge in [-0.2, -0.15) is 0 Å². The van der Waals surface area contributed by atoms with E-state index in [1.807, 2.05) is 23.7 Å². The lowest BCUT2D eigenvalue weighted by Crippen LogP contribution is -2.04. The van der Waals surface area contributed by atoms with E-state index < -0.39 is 0 Å². The van der Waals surface area contributed by atoms with Crippen LogP contribution in [0.4, 0.5) is 0 Å². The van der Waals surface area contributed by atoms with Crippen LogP contribution < -0.4 is 0 Å². The second-order valence-corrected chi connectivity index (χ2v) is 10.0. The maximum atomic E-state index is 4.72. The molecule has 0 radical (unpaired) electrons. The van der Waals surface area contributed by atoms with Crippen molar-refractivity contribution < 1.29 is 0 Å². The molecule has 0 aliphatic rings. The molecule has 0 N–H and O–H groups in total. The second kappa shape index (κ2) is 8.38. The van der Waals surface area contributed by atoms with Gasteiger partial charge >= 0.3 is 0 Å². The van der Waals surface area contributed by atoms with Crippen molar-refractivity contribution >= 4 is 33.4 Å². The standard InChI is InChI=1S/C25H30N4S/c1-14(2)18-7-8-19(21-20(18)26-9-10-27-21)16(5)13-17(6)25-23-22(28-11-12-29-23)24(30-25)15(3)4/h7-12,14-17H,13H2,1-6H3. The lowest BCUT2D eigenvalue weighted by molar-refractivity contribution is 0.603. The molecule has 0 saturated heterocycles. The molecule has 3 aromatic heterocycles. The highest BCUT2D eigenvalue weighted by Crippen LogP contribution is 2.41. The number of nitrogens with zero attached hydrogens (tertiary/aromatic N) is 4. The predicted molar refractivity (Wildman–Crippen MR) is 127 cm³/mol. The Hall–Kier alpha value is -2.40. The predicted octanol–water partition coefficient (Wildman–Crippen LogP) is 7.18. The van der Waals surface area contributed by atoms with Gasteiger partial charge in [-0.05, 0) is 41.2 Å². The van der Waals surface area contributed by atoms with Crippen LogP contribution in [0.2, 0.25) is 0 Å². The van der Waals surface area contributed by atoms with E-state index in [0.717, 1.165) is 28.5 Å². The first-order valence-corrected chi connectivity index (χ1v) is 11.7. The minimum atomic E-state index is 0.372. The Morgan fingerprint density at radius 1 is 0.600 bits per heavy atom. The SMILES string of the molecule is CC(C)c1ccc(C(C)CC(C)c2sc(C(C)C)c3nccnc23)c2nccnc12. The van der Waals surface area contributed by atoms with Crippen LogP contribution in [-0.2, 0) is 0 Å². The summed E-state index contributed by atoms with van der Waals surface area (Å²) in [6.45, 7) is 13.5. The molecule has 0 bridgehead atoms. The van der Waals surface area contributed by atoms with E-state index in [2.05, 4.69) is 63.6 Å². The molecule has 0 spiro atoms. The van der Waals surface area contributed by atoms with Gasteiger partial charge in [-0.1, -0.05) is 53.7 Å². The molecule has 0 aliphatic carbocycles. The van der Waals surface area contributed by atoms with Gasteiger partial charge < -0.3 is 0 Å². The summed E-state index contributed by atoms with van der Waals surface area (Å²) >= 11 is 1.88. The molecule has 0 aliphatic heterocycles. The third-order valence-electron chi connectivity index (χ3n) is 5.90. The van der Waals surface area contributed by atoms with Crippen molar-refractivity contribution in [2.75, 3.05) is 0 Å². The maximum absolute atomic E-state index is 4.72. The summed E-state index contributed by atoms with van der Waals surface area (Å²) in [5, 5.41) is 0. The average molecular weight is 419 g/mol.